The minimum absolute atomic E-state index is 0.222. The lowest BCUT2D eigenvalue weighted by Gasteiger charge is -2.57. The summed E-state index contributed by atoms with van der Waals surface area (Å²) < 4.78 is 0. The zero-order valence-electron chi connectivity index (χ0n) is 13.2. The van der Waals surface area contributed by atoms with Gasteiger partial charge in [0.2, 0.25) is 0 Å². The van der Waals surface area contributed by atoms with Gasteiger partial charge in [0, 0.05) is 18.6 Å². The van der Waals surface area contributed by atoms with Gasteiger partial charge in [-0.05, 0) is 68.2 Å². The van der Waals surface area contributed by atoms with E-state index in [9.17, 15) is 0 Å². The Morgan fingerprint density at radius 2 is 1.47 bits per heavy atom. The van der Waals surface area contributed by atoms with Gasteiger partial charge < -0.3 is 10.6 Å². The Morgan fingerprint density at radius 1 is 1.00 bits per heavy atom. The highest BCUT2D eigenvalue weighted by Gasteiger charge is 2.49. The van der Waals surface area contributed by atoms with E-state index < -0.39 is 0 Å². The Balaban J connectivity index is 1.66. The van der Waals surface area contributed by atoms with E-state index in [4.69, 9.17) is 5.73 Å². The molecule has 4 aliphatic rings. The fourth-order valence-corrected chi connectivity index (χ4v) is 5.32. The predicted molar refractivity (Wildman–Crippen MR) is 80.9 cm³/mol. The van der Waals surface area contributed by atoms with E-state index in [2.05, 4.69) is 32.7 Å². The van der Waals surface area contributed by atoms with E-state index in [0.717, 1.165) is 36.3 Å². The normalized spacial score (nSPS) is 42.9. The minimum Gasteiger partial charge on any atom is -0.326 e. The van der Waals surface area contributed by atoms with Gasteiger partial charge in [0.25, 0.3) is 0 Å². The predicted octanol–water partition coefficient (Wildman–Crippen LogP) is 3.12. The topological polar surface area (TPSA) is 29.3 Å². The van der Waals surface area contributed by atoms with E-state index in [1.807, 2.05) is 0 Å². The number of likely N-dealkylation sites (N-methyl/N-ethyl adjacent to an activating group) is 1. The summed E-state index contributed by atoms with van der Waals surface area (Å²) in [4.78, 5) is 2.63. The van der Waals surface area contributed by atoms with Crippen LogP contribution in [0.4, 0.5) is 0 Å². The molecule has 4 aliphatic carbocycles. The maximum Gasteiger partial charge on any atom is 0.0217 e. The first kappa shape index (κ1) is 13.9. The quantitative estimate of drug-likeness (QED) is 0.848. The molecule has 0 heterocycles. The maximum atomic E-state index is 6.40. The molecule has 19 heavy (non-hydrogen) atoms. The molecule has 0 amide bonds. The molecule has 4 saturated carbocycles. The standard InChI is InChI=1S/C17H32N2/c1-17(2,3)15(18)10-19(4)16-13-6-11-5-12(8-13)9-14(16)7-11/h11-16H,5-10,18H2,1-4H3. The van der Waals surface area contributed by atoms with Crippen molar-refractivity contribution in [3.63, 3.8) is 0 Å². The van der Waals surface area contributed by atoms with E-state index in [1.54, 1.807) is 6.42 Å². The van der Waals surface area contributed by atoms with Gasteiger partial charge in [0.05, 0.1) is 0 Å². The van der Waals surface area contributed by atoms with Crippen LogP contribution in [0.25, 0.3) is 0 Å². The van der Waals surface area contributed by atoms with Crippen LogP contribution in [0.5, 0.6) is 0 Å². The lowest BCUT2D eigenvalue weighted by Crippen LogP contribution is -2.57. The van der Waals surface area contributed by atoms with Crippen molar-refractivity contribution in [1.29, 1.82) is 0 Å². The summed E-state index contributed by atoms with van der Waals surface area (Å²) in [7, 11) is 2.33. The summed E-state index contributed by atoms with van der Waals surface area (Å²) >= 11 is 0. The van der Waals surface area contributed by atoms with E-state index in [-0.39, 0.29) is 11.5 Å². The minimum atomic E-state index is 0.222. The van der Waals surface area contributed by atoms with Gasteiger partial charge in [-0.3, -0.25) is 0 Å². The van der Waals surface area contributed by atoms with Crippen LogP contribution in [0.15, 0.2) is 0 Å². The molecule has 2 nitrogen and oxygen atoms in total. The highest BCUT2D eigenvalue weighted by Crippen LogP contribution is 2.54. The Bertz CT molecular complexity index is 303. The Labute approximate surface area is 119 Å². The number of rotatable bonds is 3. The second kappa shape index (κ2) is 4.73. The summed E-state index contributed by atoms with van der Waals surface area (Å²) in [6.45, 7) is 7.86. The average Bonchev–Trinajstić information content (AvgIpc) is 2.25. The van der Waals surface area contributed by atoms with Crippen molar-refractivity contribution in [2.75, 3.05) is 13.6 Å². The summed E-state index contributed by atoms with van der Waals surface area (Å²) in [6.07, 6.45) is 7.57. The summed E-state index contributed by atoms with van der Waals surface area (Å²) in [5.41, 5.74) is 6.63. The molecule has 0 aromatic carbocycles. The van der Waals surface area contributed by atoms with Gasteiger partial charge in [-0.15, -0.1) is 0 Å². The van der Waals surface area contributed by atoms with Crippen LogP contribution in [-0.4, -0.2) is 30.6 Å². The lowest BCUT2D eigenvalue weighted by atomic mass is 9.54. The lowest BCUT2D eigenvalue weighted by molar-refractivity contribution is -0.0607. The number of nitrogens with zero attached hydrogens (tertiary/aromatic N) is 1. The molecule has 1 unspecified atom stereocenters. The van der Waals surface area contributed by atoms with E-state index >= 15 is 0 Å². The molecule has 2 N–H and O–H groups in total. The van der Waals surface area contributed by atoms with Gasteiger partial charge in [-0.2, -0.15) is 0 Å². The molecule has 4 rings (SSSR count). The number of hydrogen-bond donors (Lipinski definition) is 1. The van der Waals surface area contributed by atoms with Gasteiger partial charge >= 0.3 is 0 Å². The molecule has 0 spiro atoms. The molecule has 0 saturated heterocycles. The largest absolute Gasteiger partial charge is 0.326 e. The number of nitrogens with two attached hydrogens (primary N) is 1. The van der Waals surface area contributed by atoms with Crippen molar-refractivity contribution < 1.29 is 0 Å². The first-order valence-electron chi connectivity index (χ1n) is 8.30. The second-order valence-corrected chi connectivity index (χ2v) is 8.83. The number of hydrogen-bond acceptors (Lipinski definition) is 2. The average molecular weight is 264 g/mol. The van der Waals surface area contributed by atoms with Crippen LogP contribution in [-0.2, 0) is 0 Å². The second-order valence-electron chi connectivity index (χ2n) is 8.83. The maximum absolute atomic E-state index is 6.40. The van der Waals surface area contributed by atoms with Gasteiger partial charge in [-0.1, -0.05) is 20.8 Å². The molecular weight excluding hydrogens is 232 g/mol. The smallest absolute Gasteiger partial charge is 0.0217 e. The Kier molecular flexibility index (Phi) is 3.46. The molecule has 2 heteroatoms. The fraction of sp³-hybridized carbons (Fsp3) is 1.00. The monoisotopic (exact) mass is 264 g/mol. The van der Waals surface area contributed by atoms with Gasteiger partial charge in [-0.25, -0.2) is 0 Å². The van der Waals surface area contributed by atoms with Crippen molar-refractivity contribution in [3.8, 4) is 0 Å². The van der Waals surface area contributed by atoms with Gasteiger partial charge in [0.15, 0.2) is 0 Å². The van der Waals surface area contributed by atoms with Crippen LogP contribution < -0.4 is 5.73 Å². The van der Waals surface area contributed by atoms with Crippen molar-refractivity contribution in [1.82, 2.24) is 4.90 Å². The fourth-order valence-electron chi connectivity index (χ4n) is 5.32. The summed E-state index contributed by atoms with van der Waals surface area (Å²) in [5.74, 6) is 4.11. The first-order chi connectivity index (χ1) is 8.84. The highest BCUT2D eigenvalue weighted by molar-refractivity contribution is 5.02. The first-order valence-corrected chi connectivity index (χ1v) is 8.30. The molecule has 0 aromatic rings. The van der Waals surface area contributed by atoms with Crippen LogP contribution in [0.1, 0.15) is 52.9 Å². The Morgan fingerprint density at radius 3 is 1.89 bits per heavy atom. The van der Waals surface area contributed by atoms with Crippen molar-refractivity contribution in [2.45, 2.75) is 65.0 Å². The van der Waals surface area contributed by atoms with E-state index in [1.165, 1.54) is 25.7 Å². The highest BCUT2D eigenvalue weighted by atomic mass is 15.2. The summed E-state index contributed by atoms with van der Waals surface area (Å²) in [6, 6.07) is 1.12. The molecule has 0 radical (unpaired) electrons. The molecule has 110 valence electrons. The van der Waals surface area contributed by atoms with Crippen LogP contribution in [0, 0.1) is 29.1 Å². The van der Waals surface area contributed by atoms with E-state index in [0.29, 0.717) is 0 Å². The molecule has 1 atom stereocenters. The molecule has 4 fully saturated rings. The molecule has 4 bridgehead atoms. The van der Waals surface area contributed by atoms with Gasteiger partial charge in [0.1, 0.15) is 0 Å². The van der Waals surface area contributed by atoms with Crippen molar-refractivity contribution in [2.24, 2.45) is 34.8 Å². The Hall–Kier alpha value is -0.0800. The van der Waals surface area contributed by atoms with Crippen LogP contribution in [0.2, 0.25) is 0 Å². The van der Waals surface area contributed by atoms with Crippen molar-refractivity contribution >= 4 is 0 Å². The molecule has 0 aromatic heterocycles. The van der Waals surface area contributed by atoms with Crippen LogP contribution in [0.3, 0.4) is 0 Å². The third-order valence-electron chi connectivity index (χ3n) is 6.28. The third kappa shape index (κ3) is 2.58. The van der Waals surface area contributed by atoms with Crippen molar-refractivity contribution in [3.05, 3.63) is 0 Å². The molecule has 0 aliphatic heterocycles. The zero-order chi connectivity index (χ0) is 13.8. The van der Waals surface area contributed by atoms with Crippen LogP contribution >= 0.6 is 0 Å². The molecular formula is C17H32N2. The third-order valence-corrected chi connectivity index (χ3v) is 6.28. The zero-order valence-corrected chi connectivity index (χ0v) is 13.2. The SMILES string of the molecule is CN(CC(N)C(C)(C)C)C1C2CC3CC(C2)CC1C3. The summed E-state index contributed by atoms with van der Waals surface area (Å²) in [5, 5.41) is 0.